The maximum Gasteiger partial charge on any atom is 0.124 e. The third-order valence-electron chi connectivity index (χ3n) is 3.06. The number of thiazole rings is 1. The third kappa shape index (κ3) is 2.80. The number of benzene rings is 1. The minimum Gasteiger partial charge on any atom is -0.326 e. The Morgan fingerprint density at radius 1 is 1.50 bits per heavy atom. The molecule has 2 N–H and O–H groups in total. The molecule has 0 amide bonds. The van der Waals surface area contributed by atoms with Crippen LogP contribution in [0.3, 0.4) is 0 Å². The number of likely N-dealkylation sites (tertiary alicyclic amines) is 1. The van der Waals surface area contributed by atoms with E-state index in [1.807, 2.05) is 0 Å². The van der Waals surface area contributed by atoms with Crippen molar-refractivity contribution in [2.45, 2.75) is 19.0 Å². The first kappa shape index (κ1) is 13.7. The number of nitrogens with zero attached hydrogens (tertiary/aromatic N) is 2. The van der Waals surface area contributed by atoms with Crippen LogP contribution in [-0.4, -0.2) is 29.0 Å². The molecule has 1 aliphatic heterocycles. The fourth-order valence-corrected chi connectivity index (χ4v) is 3.25. The van der Waals surface area contributed by atoms with E-state index in [-0.39, 0.29) is 18.2 Å². The zero-order chi connectivity index (χ0) is 11.8. The molecule has 3 nitrogen and oxygen atoms in total. The second-order valence-corrected chi connectivity index (χ2v) is 5.62. The van der Waals surface area contributed by atoms with E-state index in [0.717, 1.165) is 41.3 Å². The predicted molar refractivity (Wildman–Crippen MR) is 74.7 cm³/mol. The monoisotopic (exact) mass is 287 g/mol. The van der Waals surface area contributed by atoms with Gasteiger partial charge in [-0.2, -0.15) is 0 Å². The molecule has 1 fully saturated rings. The lowest BCUT2D eigenvalue weighted by Crippen LogP contribution is -2.26. The molecule has 0 aliphatic carbocycles. The summed E-state index contributed by atoms with van der Waals surface area (Å²) in [6, 6.07) is 5.03. The van der Waals surface area contributed by atoms with E-state index in [1.165, 1.54) is 6.07 Å². The first-order chi connectivity index (χ1) is 8.20. The van der Waals surface area contributed by atoms with Gasteiger partial charge in [0.05, 0.1) is 16.8 Å². The van der Waals surface area contributed by atoms with Gasteiger partial charge >= 0.3 is 0 Å². The fraction of sp³-hybridized carbons (Fsp3) is 0.417. The molecule has 1 saturated heterocycles. The van der Waals surface area contributed by atoms with E-state index in [4.69, 9.17) is 5.73 Å². The quantitative estimate of drug-likeness (QED) is 0.922. The van der Waals surface area contributed by atoms with Gasteiger partial charge in [0.15, 0.2) is 0 Å². The Bertz CT molecular complexity index is 545. The Morgan fingerprint density at radius 3 is 3.06 bits per heavy atom. The van der Waals surface area contributed by atoms with Crippen molar-refractivity contribution in [2.75, 3.05) is 13.1 Å². The number of hydrogen-bond acceptors (Lipinski definition) is 4. The van der Waals surface area contributed by atoms with Crippen molar-refractivity contribution in [3.63, 3.8) is 0 Å². The highest BCUT2D eigenvalue weighted by Gasteiger charge is 2.20. The van der Waals surface area contributed by atoms with Crippen molar-refractivity contribution in [2.24, 2.45) is 5.73 Å². The van der Waals surface area contributed by atoms with Crippen LogP contribution in [0.15, 0.2) is 18.2 Å². The van der Waals surface area contributed by atoms with Gasteiger partial charge in [-0.1, -0.05) is 0 Å². The summed E-state index contributed by atoms with van der Waals surface area (Å²) in [5.74, 6) is -0.198. The minimum atomic E-state index is -0.198. The van der Waals surface area contributed by atoms with Crippen LogP contribution in [0.1, 0.15) is 11.4 Å². The smallest absolute Gasteiger partial charge is 0.124 e. The van der Waals surface area contributed by atoms with Gasteiger partial charge in [0.2, 0.25) is 0 Å². The van der Waals surface area contributed by atoms with Crippen LogP contribution in [0, 0.1) is 5.82 Å². The molecule has 0 radical (unpaired) electrons. The van der Waals surface area contributed by atoms with Crippen LogP contribution >= 0.6 is 23.7 Å². The molecule has 1 atom stereocenters. The van der Waals surface area contributed by atoms with E-state index in [9.17, 15) is 4.39 Å². The molecule has 6 heteroatoms. The Hall–Kier alpha value is -0.750. The van der Waals surface area contributed by atoms with E-state index < -0.39 is 0 Å². The van der Waals surface area contributed by atoms with E-state index in [2.05, 4.69) is 9.88 Å². The SMILES string of the molecule is Cl.N[C@H]1CCN(Cc2nc3ccc(F)cc3s2)C1. The maximum atomic E-state index is 13.1. The minimum absolute atomic E-state index is 0. The van der Waals surface area contributed by atoms with Gasteiger partial charge in [0, 0.05) is 19.1 Å². The topological polar surface area (TPSA) is 42.1 Å². The summed E-state index contributed by atoms with van der Waals surface area (Å²) in [5.41, 5.74) is 6.75. The normalized spacial score (nSPS) is 20.2. The van der Waals surface area contributed by atoms with E-state index >= 15 is 0 Å². The molecule has 18 heavy (non-hydrogen) atoms. The number of nitrogens with two attached hydrogens (primary N) is 1. The van der Waals surface area contributed by atoms with Gasteiger partial charge in [-0.05, 0) is 24.6 Å². The number of rotatable bonds is 2. The number of aromatic nitrogens is 1. The predicted octanol–water partition coefficient (Wildman–Crippen LogP) is 2.39. The van der Waals surface area contributed by atoms with E-state index in [0.29, 0.717) is 6.04 Å². The number of fused-ring (bicyclic) bond motifs is 1. The molecule has 98 valence electrons. The lowest BCUT2D eigenvalue weighted by Gasteiger charge is -2.12. The van der Waals surface area contributed by atoms with Crippen molar-refractivity contribution < 1.29 is 4.39 Å². The second-order valence-electron chi connectivity index (χ2n) is 4.50. The zero-order valence-corrected chi connectivity index (χ0v) is 11.4. The largest absolute Gasteiger partial charge is 0.326 e. The Morgan fingerprint density at radius 2 is 2.33 bits per heavy atom. The standard InChI is InChI=1S/C12H14FN3S.ClH/c13-8-1-2-10-11(5-8)17-12(15-10)7-16-4-3-9(14)6-16;/h1-2,5,9H,3-4,6-7,14H2;1H/t9-;/m0./s1. The molecule has 3 rings (SSSR count). The summed E-state index contributed by atoms with van der Waals surface area (Å²) in [4.78, 5) is 6.82. The summed E-state index contributed by atoms with van der Waals surface area (Å²) in [6.07, 6.45) is 1.06. The van der Waals surface area contributed by atoms with Crippen molar-refractivity contribution >= 4 is 34.0 Å². The van der Waals surface area contributed by atoms with Crippen molar-refractivity contribution in [1.82, 2.24) is 9.88 Å². The van der Waals surface area contributed by atoms with Crippen molar-refractivity contribution in [1.29, 1.82) is 0 Å². The average molecular weight is 288 g/mol. The third-order valence-corrected chi connectivity index (χ3v) is 4.07. The molecular weight excluding hydrogens is 273 g/mol. The molecule has 1 aliphatic rings. The summed E-state index contributed by atoms with van der Waals surface area (Å²) in [5, 5.41) is 1.04. The van der Waals surface area contributed by atoms with Gasteiger partial charge in [-0.3, -0.25) is 4.90 Å². The van der Waals surface area contributed by atoms with Gasteiger partial charge in [0.25, 0.3) is 0 Å². The molecule has 2 heterocycles. The summed E-state index contributed by atoms with van der Waals surface area (Å²) < 4.78 is 14.0. The average Bonchev–Trinajstić information content (AvgIpc) is 2.84. The van der Waals surface area contributed by atoms with Crippen molar-refractivity contribution in [3.05, 3.63) is 29.0 Å². The van der Waals surface area contributed by atoms with Crippen molar-refractivity contribution in [3.8, 4) is 0 Å². The highest BCUT2D eigenvalue weighted by molar-refractivity contribution is 7.18. The van der Waals surface area contributed by atoms with Gasteiger partial charge in [-0.25, -0.2) is 9.37 Å². The highest BCUT2D eigenvalue weighted by atomic mass is 35.5. The van der Waals surface area contributed by atoms with Crippen LogP contribution in [0.25, 0.3) is 10.2 Å². The van der Waals surface area contributed by atoms with Crippen LogP contribution in [-0.2, 0) is 6.54 Å². The fourth-order valence-electron chi connectivity index (χ4n) is 2.21. The lowest BCUT2D eigenvalue weighted by molar-refractivity contribution is 0.326. The Balaban J connectivity index is 0.00000120. The van der Waals surface area contributed by atoms with Gasteiger partial charge in [-0.15, -0.1) is 23.7 Å². The molecule has 0 spiro atoms. The first-order valence-corrected chi connectivity index (χ1v) is 6.55. The molecule has 0 saturated carbocycles. The summed E-state index contributed by atoms with van der Waals surface area (Å²) >= 11 is 1.57. The second kappa shape index (κ2) is 5.48. The zero-order valence-electron chi connectivity index (χ0n) is 9.80. The Labute approximate surface area is 115 Å². The van der Waals surface area contributed by atoms with Crippen LogP contribution in [0.4, 0.5) is 4.39 Å². The molecule has 1 aromatic carbocycles. The van der Waals surface area contributed by atoms with Crippen LogP contribution < -0.4 is 5.73 Å². The number of halogens is 2. The maximum absolute atomic E-state index is 13.1. The molecule has 2 aromatic rings. The number of hydrogen-bond donors (Lipinski definition) is 1. The molecular formula is C12H15ClFN3S. The van der Waals surface area contributed by atoms with E-state index in [1.54, 1.807) is 23.5 Å². The molecule has 0 bridgehead atoms. The summed E-state index contributed by atoms with van der Waals surface area (Å²) in [6.45, 7) is 2.80. The Kier molecular flexibility index (Phi) is 4.17. The molecule has 1 aromatic heterocycles. The van der Waals surface area contributed by atoms with Gasteiger partial charge < -0.3 is 5.73 Å². The first-order valence-electron chi connectivity index (χ1n) is 5.73. The van der Waals surface area contributed by atoms with Crippen LogP contribution in [0.2, 0.25) is 0 Å². The van der Waals surface area contributed by atoms with Gasteiger partial charge in [0.1, 0.15) is 10.8 Å². The summed E-state index contributed by atoms with van der Waals surface area (Å²) in [7, 11) is 0. The molecule has 0 unspecified atom stereocenters. The van der Waals surface area contributed by atoms with Crippen LogP contribution in [0.5, 0.6) is 0 Å². The highest BCUT2D eigenvalue weighted by Crippen LogP contribution is 2.24. The lowest BCUT2D eigenvalue weighted by atomic mass is 10.3.